The van der Waals surface area contributed by atoms with E-state index in [9.17, 15) is 9.18 Å². The van der Waals surface area contributed by atoms with Crippen LogP contribution in [0.15, 0.2) is 48.5 Å². The van der Waals surface area contributed by atoms with E-state index in [0.29, 0.717) is 0 Å². The Balaban J connectivity index is 2.06. The SMILES string of the molecule is O=C(O)c1ccc(F)cc1OCC#Cc1ccccc1. The molecule has 0 aliphatic rings. The molecule has 2 aromatic rings. The first-order chi connectivity index (χ1) is 9.66. The van der Waals surface area contributed by atoms with Crippen LogP contribution in [0.5, 0.6) is 5.75 Å². The van der Waals surface area contributed by atoms with Crippen LogP contribution in [0.4, 0.5) is 4.39 Å². The largest absolute Gasteiger partial charge is 0.480 e. The predicted octanol–water partition coefficient (Wildman–Crippen LogP) is 2.95. The van der Waals surface area contributed by atoms with Crippen molar-refractivity contribution in [1.29, 1.82) is 0 Å². The van der Waals surface area contributed by atoms with Crippen LogP contribution in [0.25, 0.3) is 0 Å². The van der Waals surface area contributed by atoms with Crippen LogP contribution in [0, 0.1) is 17.7 Å². The van der Waals surface area contributed by atoms with E-state index in [0.717, 1.165) is 23.8 Å². The van der Waals surface area contributed by atoms with E-state index in [1.54, 1.807) is 0 Å². The minimum atomic E-state index is -1.17. The van der Waals surface area contributed by atoms with Crippen LogP contribution in [0.1, 0.15) is 15.9 Å². The van der Waals surface area contributed by atoms with E-state index >= 15 is 0 Å². The van der Waals surface area contributed by atoms with Crippen molar-refractivity contribution in [3.63, 3.8) is 0 Å². The number of aromatic carboxylic acids is 1. The second-order valence-corrected chi connectivity index (χ2v) is 3.90. The molecule has 0 spiro atoms. The summed E-state index contributed by atoms with van der Waals surface area (Å²) in [7, 11) is 0. The first-order valence-electron chi connectivity index (χ1n) is 5.86. The van der Waals surface area contributed by atoms with Gasteiger partial charge in [0.2, 0.25) is 0 Å². The molecule has 100 valence electrons. The van der Waals surface area contributed by atoms with E-state index in [-0.39, 0.29) is 17.9 Å². The Bertz CT molecular complexity index is 669. The van der Waals surface area contributed by atoms with Crippen molar-refractivity contribution in [3.05, 3.63) is 65.5 Å². The summed E-state index contributed by atoms with van der Waals surface area (Å²) in [5.74, 6) is 3.86. The smallest absolute Gasteiger partial charge is 0.339 e. The molecule has 0 heterocycles. The maximum absolute atomic E-state index is 13.1. The lowest BCUT2D eigenvalue weighted by Gasteiger charge is -2.05. The molecular weight excluding hydrogens is 259 g/mol. The van der Waals surface area contributed by atoms with E-state index in [4.69, 9.17) is 9.84 Å². The Morgan fingerprint density at radius 1 is 1.20 bits per heavy atom. The molecule has 0 bridgehead atoms. The first-order valence-corrected chi connectivity index (χ1v) is 5.86. The summed E-state index contributed by atoms with van der Waals surface area (Å²) in [5.41, 5.74) is 0.738. The van der Waals surface area contributed by atoms with Crippen LogP contribution < -0.4 is 4.74 Å². The molecule has 2 rings (SSSR count). The Morgan fingerprint density at radius 3 is 2.65 bits per heavy atom. The Hall–Kier alpha value is -2.80. The molecule has 0 radical (unpaired) electrons. The highest BCUT2D eigenvalue weighted by atomic mass is 19.1. The summed E-state index contributed by atoms with van der Waals surface area (Å²) < 4.78 is 18.3. The molecule has 2 aromatic carbocycles. The fourth-order valence-corrected chi connectivity index (χ4v) is 1.57. The van der Waals surface area contributed by atoms with E-state index in [2.05, 4.69) is 11.8 Å². The van der Waals surface area contributed by atoms with Crippen LogP contribution in [-0.2, 0) is 0 Å². The molecule has 0 aliphatic carbocycles. The standard InChI is InChI=1S/C16H11FO3/c17-13-8-9-14(16(18)19)15(11-13)20-10-4-7-12-5-2-1-3-6-12/h1-3,5-6,8-9,11H,10H2,(H,18,19). The van der Waals surface area contributed by atoms with E-state index < -0.39 is 11.8 Å². The summed E-state index contributed by atoms with van der Waals surface area (Å²) in [6.45, 7) is -0.0153. The number of carboxylic acids is 1. The molecule has 0 amide bonds. The fourth-order valence-electron chi connectivity index (χ4n) is 1.57. The lowest BCUT2D eigenvalue weighted by atomic mass is 10.2. The minimum absolute atomic E-state index is 0.0153. The molecule has 0 unspecified atom stereocenters. The van der Waals surface area contributed by atoms with Gasteiger partial charge in [0.1, 0.15) is 23.7 Å². The molecule has 0 saturated carbocycles. The van der Waals surface area contributed by atoms with Gasteiger partial charge in [0.05, 0.1) is 0 Å². The Morgan fingerprint density at radius 2 is 1.95 bits per heavy atom. The zero-order valence-corrected chi connectivity index (χ0v) is 10.5. The quantitative estimate of drug-likeness (QED) is 0.872. The van der Waals surface area contributed by atoms with Gasteiger partial charge in [0, 0.05) is 11.6 Å². The van der Waals surface area contributed by atoms with Gasteiger partial charge >= 0.3 is 5.97 Å². The Kier molecular flexibility index (Phi) is 4.35. The number of hydrogen-bond donors (Lipinski definition) is 1. The third-order valence-electron chi connectivity index (χ3n) is 2.48. The van der Waals surface area contributed by atoms with Crippen LogP contribution in [0.3, 0.4) is 0 Å². The molecule has 0 atom stereocenters. The van der Waals surface area contributed by atoms with Crippen molar-refractivity contribution in [2.24, 2.45) is 0 Å². The molecule has 20 heavy (non-hydrogen) atoms. The zero-order valence-electron chi connectivity index (χ0n) is 10.5. The van der Waals surface area contributed by atoms with Gasteiger partial charge in [-0.25, -0.2) is 9.18 Å². The van der Waals surface area contributed by atoms with Gasteiger partial charge in [-0.05, 0) is 24.3 Å². The van der Waals surface area contributed by atoms with Crippen molar-refractivity contribution in [3.8, 4) is 17.6 Å². The van der Waals surface area contributed by atoms with E-state index in [1.165, 1.54) is 0 Å². The minimum Gasteiger partial charge on any atom is -0.480 e. The molecule has 3 nitrogen and oxygen atoms in total. The maximum Gasteiger partial charge on any atom is 0.339 e. The van der Waals surface area contributed by atoms with Crippen molar-refractivity contribution in [2.45, 2.75) is 0 Å². The van der Waals surface area contributed by atoms with Gasteiger partial charge in [-0.3, -0.25) is 0 Å². The normalized spacial score (nSPS) is 9.45. The second kappa shape index (κ2) is 6.39. The van der Waals surface area contributed by atoms with Gasteiger partial charge in [-0.2, -0.15) is 0 Å². The first kappa shape index (κ1) is 13.6. The fraction of sp³-hybridized carbons (Fsp3) is 0.0625. The van der Waals surface area contributed by atoms with E-state index in [1.807, 2.05) is 30.3 Å². The monoisotopic (exact) mass is 270 g/mol. The lowest BCUT2D eigenvalue weighted by Crippen LogP contribution is -2.03. The van der Waals surface area contributed by atoms with Crippen molar-refractivity contribution < 1.29 is 19.0 Å². The topological polar surface area (TPSA) is 46.5 Å². The molecule has 0 saturated heterocycles. The van der Waals surface area contributed by atoms with Gasteiger partial charge in [-0.1, -0.05) is 30.0 Å². The van der Waals surface area contributed by atoms with Crippen molar-refractivity contribution in [2.75, 3.05) is 6.61 Å². The summed E-state index contributed by atoms with van der Waals surface area (Å²) in [6.07, 6.45) is 0. The summed E-state index contributed by atoms with van der Waals surface area (Å²) >= 11 is 0. The van der Waals surface area contributed by atoms with Crippen LogP contribution in [-0.4, -0.2) is 17.7 Å². The molecule has 1 N–H and O–H groups in total. The number of rotatable bonds is 3. The molecule has 0 aromatic heterocycles. The average Bonchev–Trinajstić information content (AvgIpc) is 2.44. The molecule has 0 fully saturated rings. The summed E-state index contributed by atoms with van der Waals surface area (Å²) in [4.78, 5) is 10.9. The third-order valence-corrected chi connectivity index (χ3v) is 2.48. The summed E-state index contributed by atoms with van der Waals surface area (Å²) in [6, 6.07) is 12.6. The number of benzene rings is 2. The number of carboxylic acid groups (broad SMARTS) is 1. The average molecular weight is 270 g/mol. The predicted molar refractivity (Wildman–Crippen MR) is 72.2 cm³/mol. The molecule has 0 aliphatic heterocycles. The number of carbonyl (C=O) groups is 1. The van der Waals surface area contributed by atoms with Crippen molar-refractivity contribution >= 4 is 5.97 Å². The number of ether oxygens (including phenoxy) is 1. The second-order valence-electron chi connectivity index (χ2n) is 3.90. The van der Waals surface area contributed by atoms with Gasteiger partial charge < -0.3 is 9.84 Å². The lowest BCUT2D eigenvalue weighted by molar-refractivity contribution is 0.0693. The molecular formula is C16H11FO3. The maximum atomic E-state index is 13.1. The zero-order chi connectivity index (χ0) is 14.4. The highest BCUT2D eigenvalue weighted by Crippen LogP contribution is 2.19. The van der Waals surface area contributed by atoms with Crippen molar-refractivity contribution in [1.82, 2.24) is 0 Å². The third kappa shape index (κ3) is 3.59. The number of hydrogen-bond acceptors (Lipinski definition) is 2. The Labute approximate surface area is 115 Å². The highest BCUT2D eigenvalue weighted by Gasteiger charge is 2.11. The van der Waals surface area contributed by atoms with Gasteiger partial charge in [0.15, 0.2) is 0 Å². The molecule has 4 heteroatoms. The number of halogens is 1. The van der Waals surface area contributed by atoms with Crippen LogP contribution >= 0.6 is 0 Å². The highest BCUT2D eigenvalue weighted by molar-refractivity contribution is 5.90. The van der Waals surface area contributed by atoms with Crippen LogP contribution in [0.2, 0.25) is 0 Å². The van der Waals surface area contributed by atoms with Gasteiger partial charge in [0.25, 0.3) is 0 Å². The summed E-state index contributed by atoms with van der Waals surface area (Å²) in [5, 5.41) is 8.95. The van der Waals surface area contributed by atoms with Gasteiger partial charge in [-0.15, -0.1) is 0 Å².